The molecule has 7 heteroatoms. The van der Waals surface area contributed by atoms with Crippen molar-refractivity contribution in [1.82, 2.24) is 4.31 Å². The molecule has 0 saturated heterocycles. The van der Waals surface area contributed by atoms with Crippen molar-refractivity contribution in [3.63, 3.8) is 0 Å². The summed E-state index contributed by atoms with van der Waals surface area (Å²) in [5.74, 6) is -0.226. The zero-order valence-corrected chi connectivity index (χ0v) is 22.3. The molecule has 1 aliphatic rings. The maximum atomic E-state index is 14.0. The van der Waals surface area contributed by atoms with Crippen LogP contribution in [0.25, 0.3) is 0 Å². The minimum atomic E-state index is -3.93. The summed E-state index contributed by atoms with van der Waals surface area (Å²) < 4.78 is 30.2. The number of halogens is 1. The number of carbonyl (C=O) groups excluding carboxylic acids is 1. The van der Waals surface area contributed by atoms with Gasteiger partial charge in [0.15, 0.2) is 0 Å². The first-order chi connectivity index (χ1) is 16.1. The van der Waals surface area contributed by atoms with Crippen molar-refractivity contribution < 1.29 is 13.2 Å². The zero-order valence-electron chi connectivity index (χ0n) is 19.9. The van der Waals surface area contributed by atoms with E-state index in [-0.39, 0.29) is 29.9 Å². The highest BCUT2D eigenvalue weighted by Gasteiger charge is 2.35. The average molecular weight is 542 g/mol. The predicted molar refractivity (Wildman–Crippen MR) is 139 cm³/mol. The summed E-state index contributed by atoms with van der Waals surface area (Å²) in [6.45, 7) is 7.46. The van der Waals surface area contributed by atoms with Crippen LogP contribution in [-0.4, -0.2) is 31.2 Å². The molecule has 1 aliphatic heterocycles. The summed E-state index contributed by atoms with van der Waals surface area (Å²) in [5.41, 5.74) is 5.15. The second kappa shape index (κ2) is 9.64. The van der Waals surface area contributed by atoms with E-state index in [1.165, 1.54) is 4.31 Å². The maximum Gasteiger partial charge on any atom is 0.244 e. The van der Waals surface area contributed by atoms with E-state index in [2.05, 4.69) is 15.9 Å². The highest BCUT2D eigenvalue weighted by Crippen LogP contribution is 2.35. The van der Waals surface area contributed by atoms with Crippen LogP contribution in [0.1, 0.15) is 34.7 Å². The molecule has 0 spiro atoms. The Balaban J connectivity index is 1.72. The molecule has 0 aromatic heterocycles. The minimum absolute atomic E-state index is 0.0408. The van der Waals surface area contributed by atoms with Crippen molar-refractivity contribution in [3.05, 3.63) is 93.0 Å². The molecule has 3 aromatic carbocycles. The van der Waals surface area contributed by atoms with Crippen LogP contribution in [0.4, 0.5) is 5.69 Å². The highest BCUT2D eigenvalue weighted by molar-refractivity contribution is 9.10. The summed E-state index contributed by atoms with van der Waals surface area (Å²) in [7, 11) is -3.93. The molecule has 0 aliphatic carbocycles. The molecule has 1 atom stereocenters. The first-order valence-corrected chi connectivity index (χ1v) is 13.5. The molecule has 0 bridgehead atoms. The first kappa shape index (κ1) is 24.6. The van der Waals surface area contributed by atoms with Crippen molar-refractivity contribution in [2.75, 3.05) is 11.4 Å². The van der Waals surface area contributed by atoms with Gasteiger partial charge in [0.1, 0.15) is 0 Å². The number of amides is 1. The molecule has 1 heterocycles. The molecule has 1 amide bonds. The summed E-state index contributed by atoms with van der Waals surface area (Å²) in [4.78, 5) is 15.6. The zero-order chi connectivity index (χ0) is 24.6. The Labute approximate surface area is 210 Å². The van der Waals surface area contributed by atoms with E-state index >= 15 is 0 Å². The lowest BCUT2D eigenvalue weighted by atomic mass is 10.1. The molecule has 0 radical (unpaired) electrons. The van der Waals surface area contributed by atoms with Gasteiger partial charge in [-0.2, -0.15) is 4.31 Å². The maximum absolute atomic E-state index is 14.0. The van der Waals surface area contributed by atoms with Gasteiger partial charge >= 0.3 is 0 Å². The fourth-order valence-corrected chi connectivity index (χ4v) is 7.12. The third-order valence-electron chi connectivity index (χ3n) is 6.24. The standard InChI is InChI=1S/C27H29BrN2O3S/c1-18-12-19(2)27(20(3)13-18)34(32,33)29(16-22-8-6-5-7-9-22)17-26(31)30-21(4)14-23-15-24(28)10-11-25(23)30/h5-13,15,21H,14,16-17H2,1-4H3/t21-/m0/s1. The molecular weight excluding hydrogens is 512 g/mol. The Morgan fingerprint density at radius 2 is 1.68 bits per heavy atom. The van der Waals surface area contributed by atoms with Gasteiger partial charge in [-0.25, -0.2) is 8.42 Å². The molecule has 0 N–H and O–H groups in total. The number of hydrogen-bond donors (Lipinski definition) is 0. The molecule has 4 rings (SSSR count). The molecule has 34 heavy (non-hydrogen) atoms. The van der Waals surface area contributed by atoms with E-state index in [9.17, 15) is 13.2 Å². The fraction of sp³-hybridized carbons (Fsp3) is 0.296. The number of nitrogens with zero attached hydrogens (tertiary/aromatic N) is 2. The number of sulfonamides is 1. The van der Waals surface area contributed by atoms with Crippen molar-refractivity contribution >= 4 is 37.5 Å². The summed E-state index contributed by atoms with van der Waals surface area (Å²) in [6, 6.07) is 19.0. The van der Waals surface area contributed by atoms with Crippen LogP contribution in [-0.2, 0) is 27.8 Å². The van der Waals surface area contributed by atoms with Crippen molar-refractivity contribution in [1.29, 1.82) is 0 Å². The van der Waals surface area contributed by atoms with Gasteiger partial charge in [-0.3, -0.25) is 4.79 Å². The normalized spacial score (nSPS) is 15.6. The summed E-state index contributed by atoms with van der Waals surface area (Å²) in [6.07, 6.45) is 0.738. The van der Waals surface area contributed by atoms with Crippen molar-refractivity contribution in [2.24, 2.45) is 0 Å². The van der Waals surface area contributed by atoms with Gasteiger partial charge in [0, 0.05) is 22.7 Å². The Morgan fingerprint density at radius 3 is 2.32 bits per heavy atom. The topological polar surface area (TPSA) is 57.7 Å². The summed E-state index contributed by atoms with van der Waals surface area (Å²) >= 11 is 3.50. The van der Waals surface area contributed by atoms with E-state index < -0.39 is 10.0 Å². The molecule has 3 aromatic rings. The van der Waals surface area contributed by atoms with Crippen LogP contribution in [0, 0.1) is 20.8 Å². The minimum Gasteiger partial charge on any atom is -0.308 e. The van der Waals surface area contributed by atoms with Crippen LogP contribution < -0.4 is 4.90 Å². The first-order valence-electron chi connectivity index (χ1n) is 11.3. The van der Waals surface area contributed by atoms with Gasteiger partial charge in [-0.1, -0.05) is 64.0 Å². The second-order valence-electron chi connectivity index (χ2n) is 9.08. The quantitative estimate of drug-likeness (QED) is 0.412. The van der Waals surface area contributed by atoms with Gasteiger partial charge in [0.05, 0.1) is 11.4 Å². The Hall–Kier alpha value is -2.48. The van der Waals surface area contributed by atoms with Crippen LogP contribution in [0.15, 0.2) is 70.0 Å². The van der Waals surface area contributed by atoms with E-state index in [1.54, 1.807) is 4.90 Å². The lowest BCUT2D eigenvalue weighted by Crippen LogP contribution is -2.45. The molecule has 0 unspecified atom stereocenters. The number of carbonyl (C=O) groups is 1. The van der Waals surface area contributed by atoms with Crippen LogP contribution in [0.5, 0.6) is 0 Å². The van der Waals surface area contributed by atoms with E-state index in [4.69, 9.17) is 0 Å². The smallest absolute Gasteiger partial charge is 0.244 e. The second-order valence-corrected chi connectivity index (χ2v) is 11.9. The third-order valence-corrected chi connectivity index (χ3v) is 8.83. The SMILES string of the molecule is Cc1cc(C)c(S(=O)(=O)N(CC(=O)N2c3ccc(Br)cc3C[C@@H]2C)Cc2ccccc2)c(C)c1. The third kappa shape index (κ3) is 4.83. The number of fused-ring (bicyclic) bond motifs is 1. The van der Waals surface area contributed by atoms with E-state index in [0.717, 1.165) is 33.3 Å². The van der Waals surface area contributed by atoms with Gasteiger partial charge in [0.25, 0.3) is 0 Å². The van der Waals surface area contributed by atoms with Crippen LogP contribution in [0.3, 0.4) is 0 Å². The van der Waals surface area contributed by atoms with Crippen molar-refractivity contribution in [2.45, 2.75) is 51.6 Å². The van der Waals surface area contributed by atoms with Gasteiger partial charge in [0.2, 0.25) is 15.9 Å². The number of aryl methyl sites for hydroxylation is 3. The van der Waals surface area contributed by atoms with Gasteiger partial charge < -0.3 is 4.90 Å². The van der Waals surface area contributed by atoms with E-state index in [0.29, 0.717) is 11.1 Å². The monoisotopic (exact) mass is 540 g/mol. The van der Waals surface area contributed by atoms with Crippen LogP contribution >= 0.6 is 15.9 Å². The molecule has 0 fully saturated rings. The van der Waals surface area contributed by atoms with E-state index in [1.807, 2.05) is 88.4 Å². The lowest BCUT2D eigenvalue weighted by molar-refractivity contribution is -0.119. The number of rotatable bonds is 6. The number of benzene rings is 3. The van der Waals surface area contributed by atoms with Gasteiger partial charge in [-0.05, 0) is 74.6 Å². The Morgan fingerprint density at radius 1 is 1.03 bits per heavy atom. The Kier molecular flexibility index (Phi) is 6.99. The van der Waals surface area contributed by atoms with Crippen molar-refractivity contribution in [3.8, 4) is 0 Å². The number of hydrogen-bond acceptors (Lipinski definition) is 3. The summed E-state index contributed by atoms with van der Waals surface area (Å²) in [5, 5.41) is 0. The fourth-order valence-electron chi connectivity index (χ4n) is 4.92. The highest BCUT2D eigenvalue weighted by atomic mass is 79.9. The lowest BCUT2D eigenvalue weighted by Gasteiger charge is -2.28. The van der Waals surface area contributed by atoms with Gasteiger partial charge in [-0.15, -0.1) is 0 Å². The molecule has 178 valence electrons. The molecule has 0 saturated carbocycles. The number of anilines is 1. The molecular formula is C27H29BrN2O3S. The molecule has 5 nitrogen and oxygen atoms in total. The van der Waals surface area contributed by atoms with Crippen LogP contribution in [0.2, 0.25) is 0 Å². The largest absolute Gasteiger partial charge is 0.308 e. The average Bonchev–Trinajstić information content (AvgIpc) is 3.07. The Bertz CT molecular complexity index is 1320. The predicted octanol–water partition coefficient (Wildman–Crippen LogP) is 5.54.